The molecule has 0 amide bonds. The van der Waals surface area contributed by atoms with Crippen LogP contribution in [0.3, 0.4) is 0 Å². The molecule has 0 fully saturated rings. The molecule has 0 spiro atoms. The van der Waals surface area contributed by atoms with Crippen LogP contribution in [0.15, 0.2) is 18.3 Å². The third-order valence-corrected chi connectivity index (χ3v) is 2.08. The van der Waals surface area contributed by atoms with E-state index in [0.29, 0.717) is 17.3 Å². The fraction of sp³-hybridized carbons (Fsp3) is 0.444. The van der Waals surface area contributed by atoms with E-state index in [4.69, 9.17) is 11.6 Å². The Hall–Kier alpha value is -0.680. The van der Waals surface area contributed by atoms with Crippen LogP contribution in [-0.2, 0) is 0 Å². The van der Waals surface area contributed by atoms with E-state index in [2.05, 4.69) is 10.3 Å². The molecule has 0 radical (unpaired) electrons. The maximum absolute atomic E-state index is 9.67. The Labute approximate surface area is 87.6 Å². The van der Waals surface area contributed by atoms with Crippen LogP contribution in [-0.4, -0.2) is 34.9 Å². The van der Waals surface area contributed by atoms with Gasteiger partial charge in [-0.3, -0.25) is 0 Å². The number of nitrogens with zero attached hydrogens (tertiary/aromatic N) is 1. The van der Waals surface area contributed by atoms with E-state index in [9.17, 15) is 10.2 Å². The molecule has 0 aliphatic heterocycles. The van der Waals surface area contributed by atoms with Crippen molar-refractivity contribution >= 4 is 11.6 Å². The van der Waals surface area contributed by atoms with Crippen LogP contribution in [0.4, 0.5) is 0 Å². The molecular formula is C9H13ClN2O2. The Balaban J connectivity index is 2.73. The highest BCUT2D eigenvalue weighted by atomic mass is 35.5. The summed E-state index contributed by atoms with van der Waals surface area (Å²) in [6, 6.07) is 3.15. The minimum atomic E-state index is -0.942. The smallest absolute Gasteiger partial charge is 0.129 e. The highest BCUT2D eigenvalue weighted by molar-refractivity contribution is 6.29. The molecule has 5 heteroatoms. The first-order valence-electron chi connectivity index (χ1n) is 4.27. The average molecular weight is 217 g/mol. The van der Waals surface area contributed by atoms with Gasteiger partial charge in [0.15, 0.2) is 0 Å². The normalized spacial score (nSPS) is 15.1. The molecule has 0 aliphatic rings. The van der Waals surface area contributed by atoms with Crippen LogP contribution in [0.2, 0.25) is 5.15 Å². The molecule has 1 aromatic rings. The fourth-order valence-electron chi connectivity index (χ4n) is 1.14. The molecule has 14 heavy (non-hydrogen) atoms. The summed E-state index contributed by atoms with van der Waals surface area (Å²) in [6.45, 7) is 0.321. The highest BCUT2D eigenvalue weighted by Crippen LogP contribution is 2.18. The van der Waals surface area contributed by atoms with Crippen molar-refractivity contribution in [3.8, 4) is 0 Å². The van der Waals surface area contributed by atoms with Crippen molar-refractivity contribution in [1.82, 2.24) is 10.3 Å². The van der Waals surface area contributed by atoms with Crippen LogP contribution in [0.5, 0.6) is 0 Å². The summed E-state index contributed by atoms with van der Waals surface area (Å²) >= 11 is 5.65. The largest absolute Gasteiger partial charge is 0.389 e. The van der Waals surface area contributed by atoms with Gasteiger partial charge in [-0.1, -0.05) is 11.6 Å². The molecule has 1 heterocycles. The van der Waals surface area contributed by atoms with Gasteiger partial charge < -0.3 is 15.5 Å². The van der Waals surface area contributed by atoms with Crippen LogP contribution in [0, 0.1) is 0 Å². The van der Waals surface area contributed by atoms with Crippen molar-refractivity contribution < 1.29 is 10.2 Å². The van der Waals surface area contributed by atoms with Gasteiger partial charge in [-0.15, -0.1) is 0 Å². The minimum Gasteiger partial charge on any atom is -0.389 e. The molecule has 0 saturated heterocycles. The van der Waals surface area contributed by atoms with Crippen molar-refractivity contribution in [3.05, 3.63) is 29.0 Å². The monoisotopic (exact) mass is 216 g/mol. The average Bonchev–Trinajstić information content (AvgIpc) is 2.17. The van der Waals surface area contributed by atoms with Gasteiger partial charge in [-0.2, -0.15) is 0 Å². The molecule has 3 N–H and O–H groups in total. The van der Waals surface area contributed by atoms with Crippen LogP contribution in [0.1, 0.15) is 11.7 Å². The van der Waals surface area contributed by atoms with Gasteiger partial charge in [0, 0.05) is 12.7 Å². The number of likely N-dealkylation sites (N-methyl/N-ethyl adjacent to an activating group) is 1. The third-order valence-electron chi connectivity index (χ3n) is 1.87. The van der Waals surface area contributed by atoms with Gasteiger partial charge in [-0.25, -0.2) is 4.98 Å². The van der Waals surface area contributed by atoms with E-state index in [-0.39, 0.29) is 0 Å². The Morgan fingerprint density at radius 1 is 1.57 bits per heavy atom. The lowest BCUT2D eigenvalue weighted by atomic mass is 10.1. The Kier molecular flexibility index (Phi) is 4.28. The summed E-state index contributed by atoms with van der Waals surface area (Å²) in [6.07, 6.45) is -0.297. The molecule has 4 nitrogen and oxygen atoms in total. The first kappa shape index (κ1) is 11.4. The second-order valence-electron chi connectivity index (χ2n) is 2.98. The van der Waals surface area contributed by atoms with E-state index in [1.807, 2.05) is 0 Å². The predicted octanol–water partition coefficient (Wildman–Crippen LogP) is 0.349. The number of hydrogen-bond donors (Lipinski definition) is 3. The number of aliphatic hydroxyl groups excluding tert-OH is 2. The summed E-state index contributed by atoms with van der Waals surface area (Å²) < 4.78 is 0. The zero-order chi connectivity index (χ0) is 10.6. The topological polar surface area (TPSA) is 65.4 Å². The third kappa shape index (κ3) is 2.92. The van der Waals surface area contributed by atoms with Gasteiger partial charge in [-0.05, 0) is 24.7 Å². The van der Waals surface area contributed by atoms with Gasteiger partial charge in [0.25, 0.3) is 0 Å². The summed E-state index contributed by atoms with van der Waals surface area (Å²) in [4.78, 5) is 3.78. The maximum Gasteiger partial charge on any atom is 0.129 e. The van der Waals surface area contributed by atoms with Crippen LogP contribution in [0.25, 0.3) is 0 Å². The molecule has 1 aromatic heterocycles. The quantitative estimate of drug-likeness (QED) is 0.636. The predicted molar refractivity (Wildman–Crippen MR) is 54.1 cm³/mol. The number of aliphatic hydroxyl groups is 2. The molecule has 2 unspecified atom stereocenters. The number of halogens is 1. The van der Waals surface area contributed by atoms with Crippen LogP contribution >= 0.6 is 11.6 Å². The van der Waals surface area contributed by atoms with E-state index < -0.39 is 12.2 Å². The maximum atomic E-state index is 9.67. The van der Waals surface area contributed by atoms with E-state index in [1.165, 1.54) is 12.3 Å². The molecule has 2 atom stereocenters. The van der Waals surface area contributed by atoms with Crippen molar-refractivity contribution in [2.75, 3.05) is 13.6 Å². The van der Waals surface area contributed by atoms with Crippen LogP contribution < -0.4 is 5.32 Å². The molecule has 1 rings (SSSR count). The first-order valence-corrected chi connectivity index (χ1v) is 4.65. The zero-order valence-electron chi connectivity index (χ0n) is 7.81. The number of hydrogen-bond acceptors (Lipinski definition) is 4. The lowest BCUT2D eigenvalue weighted by Crippen LogP contribution is -2.29. The van der Waals surface area contributed by atoms with Gasteiger partial charge in [0.1, 0.15) is 11.3 Å². The van der Waals surface area contributed by atoms with Gasteiger partial charge in [0.2, 0.25) is 0 Å². The van der Waals surface area contributed by atoms with Crippen molar-refractivity contribution in [1.29, 1.82) is 0 Å². The molecule has 0 aromatic carbocycles. The van der Waals surface area contributed by atoms with Crippen molar-refractivity contribution in [2.24, 2.45) is 0 Å². The standard InChI is InChI=1S/C9H13ClN2O2/c1-11-5-7(13)9(14)6-2-3-12-8(10)4-6/h2-4,7,9,11,13-14H,5H2,1H3. The summed E-state index contributed by atoms with van der Waals surface area (Å²) in [5.74, 6) is 0. The minimum absolute atomic E-state index is 0.304. The SMILES string of the molecule is CNCC(O)C(O)c1ccnc(Cl)c1. The van der Waals surface area contributed by atoms with Crippen molar-refractivity contribution in [2.45, 2.75) is 12.2 Å². The van der Waals surface area contributed by atoms with Crippen molar-refractivity contribution in [3.63, 3.8) is 0 Å². The van der Waals surface area contributed by atoms with E-state index >= 15 is 0 Å². The second kappa shape index (κ2) is 5.26. The Bertz CT molecular complexity index is 296. The van der Waals surface area contributed by atoms with Gasteiger partial charge in [0.05, 0.1) is 6.10 Å². The highest BCUT2D eigenvalue weighted by Gasteiger charge is 2.17. The number of nitrogens with one attached hydrogen (secondary N) is 1. The number of rotatable bonds is 4. The molecule has 0 bridgehead atoms. The summed E-state index contributed by atoms with van der Waals surface area (Å²) in [7, 11) is 1.70. The lowest BCUT2D eigenvalue weighted by Gasteiger charge is -2.17. The fourth-order valence-corrected chi connectivity index (χ4v) is 1.33. The summed E-state index contributed by atoms with van der Waals surface area (Å²) in [5, 5.41) is 22.2. The first-order chi connectivity index (χ1) is 6.65. The summed E-state index contributed by atoms with van der Waals surface area (Å²) in [5.41, 5.74) is 0.563. The number of pyridine rings is 1. The molecular weight excluding hydrogens is 204 g/mol. The molecule has 0 saturated carbocycles. The Morgan fingerprint density at radius 2 is 2.29 bits per heavy atom. The van der Waals surface area contributed by atoms with E-state index in [1.54, 1.807) is 13.1 Å². The lowest BCUT2D eigenvalue weighted by molar-refractivity contribution is 0.0202. The van der Waals surface area contributed by atoms with Gasteiger partial charge >= 0.3 is 0 Å². The zero-order valence-corrected chi connectivity index (χ0v) is 8.57. The molecule has 0 aliphatic carbocycles. The van der Waals surface area contributed by atoms with E-state index in [0.717, 1.165) is 0 Å². The molecule has 78 valence electrons. The number of aromatic nitrogens is 1. The Morgan fingerprint density at radius 3 is 2.86 bits per heavy atom. The second-order valence-corrected chi connectivity index (χ2v) is 3.37.